The fraction of sp³-hybridized carbons (Fsp3) is 0.538. The smallest absolute Gasteiger partial charge is 0.115 e. The molecule has 4 atom stereocenters. The van der Waals surface area contributed by atoms with Crippen LogP contribution in [0.1, 0.15) is 5.56 Å². The summed E-state index contributed by atoms with van der Waals surface area (Å²) in [7, 11) is 0. The van der Waals surface area contributed by atoms with Gasteiger partial charge >= 0.3 is 0 Å². The Morgan fingerprint density at radius 2 is 1.88 bits per heavy atom. The maximum atomic E-state index is 9.60. The van der Waals surface area contributed by atoms with Gasteiger partial charge < -0.3 is 19.3 Å². The Kier molecular flexibility index (Phi) is 3.11. The van der Waals surface area contributed by atoms with Crippen molar-refractivity contribution >= 4 is 0 Å². The quantitative estimate of drug-likeness (QED) is 0.840. The van der Waals surface area contributed by atoms with Crippen LogP contribution < -0.4 is 0 Å². The molecule has 0 saturated carbocycles. The Morgan fingerprint density at radius 3 is 2.71 bits per heavy atom. The SMILES string of the molecule is O[C@@H]1CO[C@@H]2[C@H]1OC[C@@H]2OCc1ccccc1. The third kappa shape index (κ3) is 2.21. The average Bonchev–Trinajstić information content (AvgIpc) is 2.92. The second-order valence-electron chi connectivity index (χ2n) is 4.50. The zero-order valence-electron chi connectivity index (χ0n) is 9.49. The van der Waals surface area contributed by atoms with E-state index in [2.05, 4.69) is 0 Å². The van der Waals surface area contributed by atoms with Crippen LogP contribution >= 0.6 is 0 Å². The molecule has 17 heavy (non-hydrogen) atoms. The highest BCUT2D eigenvalue weighted by atomic mass is 16.6. The van der Waals surface area contributed by atoms with Crippen molar-refractivity contribution in [2.45, 2.75) is 31.0 Å². The minimum Gasteiger partial charge on any atom is -0.388 e. The maximum Gasteiger partial charge on any atom is 0.115 e. The van der Waals surface area contributed by atoms with Gasteiger partial charge in [0.2, 0.25) is 0 Å². The van der Waals surface area contributed by atoms with Gasteiger partial charge in [-0.3, -0.25) is 0 Å². The highest BCUT2D eigenvalue weighted by molar-refractivity contribution is 5.13. The monoisotopic (exact) mass is 236 g/mol. The molecule has 2 aliphatic heterocycles. The molecular formula is C13H16O4. The molecule has 1 aromatic carbocycles. The Bertz CT molecular complexity index is 367. The molecule has 4 heteroatoms. The molecule has 1 aromatic rings. The van der Waals surface area contributed by atoms with Crippen LogP contribution in [-0.4, -0.2) is 42.7 Å². The van der Waals surface area contributed by atoms with Gasteiger partial charge in [-0.05, 0) is 5.56 Å². The summed E-state index contributed by atoms with van der Waals surface area (Å²) in [6.45, 7) is 1.40. The minimum absolute atomic E-state index is 0.0719. The third-order valence-electron chi connectivity index (χ3n) is 3.29. The van der Waals surface area contributed by atoms with E-state index in [1.165, 1.54) is 0 Å². The van der Waals surface area contributed by atoms with E-state index < -0.39 is 6.10 Å². The van der Waals surface area contributed by atoms with Crippen molar-refractivity contribution in [1.82, 2.24) is 0 Å². The molecule has 0 spiro atoms. The lowest BCUT2D eigenvalue weighted by Crippen LogP contribution is -2.32. The lowest BCUT2D eigenvalue weighted by Gasteiger charge is -2.16. The molecule has 2 fully saturated rings. The number of hydrogen-bond acceptors (Lipinski definition) is 4. The summed E-state index contributed by atoms with van der Waals surface area (Å²) in [6.07, 6.45) is -0.910. The van der Waals surface area contributed by atoms with E-state index in [4.69, 9.17) is 14.2 Å². The number of aliphatic hydroxyl groups excluding tert-OH is 1. The molecule has 0 radical (unpaired) electrons. The summed E-state index contributed by atoms with van der Waals surface area (Å²) in [6, 6.07) is 10.0. The lowest BCUT2D eigenvalue weighted by atomic mass is 10.1. The van der Waals surface area contributed by atoms with Gasteiger partial charge in [0.25, 0.3) is 0 Å². The minimum atomic E-state index is -0.509. The standard InChI is InChI=1S/C13H16O4/c14-10-7-16-13-11(8-17-12(10)13)15-6-9-4-2-1-3-5-9/h1-5,10-14H,6-8H2/t10-,11+,12+,13+/m1/s1. The van der Waals surface area contributed by atoms with Gasteiger partial charge in [-0.2, -0.15) is 0 Å². The highest BCUT2D eigenvalue weighted by Crippen LogP contribution is 2.29. The fourth-order valence-electron chi connectivity index (χ4n) is 2.36. The first kappa shape index (κ1) is 11.2. The van der Waals surface area contributed by atoms with E-state index in [0.29, 0.717) is 19.8 Å². The summed E-state index contributed by atoms with van der Waals surface area (Å²) in [5.74, 6) is 0. The summed E-state index contributed by atoms with van der Waals surface area (Å²) in [5.41, 5.74) is 1.13. The van der Waals surface area contributed by atoms with Gasteiger partial charge in [0.15, 0.2) is 0 Å². The molecule has 0 aromatic heterocycles. The molecule has 1 N–H and O–H groups in total. The van der Waals surface area contributed by atoms with Crippen LogP contribution in [0.4, 0.5) is 0 Å². The first-order chi connectivity index (χ1) is 8.34. The molecular weight excluding hydrogens is 220 g/mol. The van der Waals surface area contributed by atoms with Crippen molar-refractivity contribution in [3.8, 4) is 0 Å². The third-order valence-corrected chi connectivity index (χ3v) is 3.29. The maximum absolute atomic E-state index is 9.60. The Labute approximate surface area is 100 Å². The second-order valence-corrected chi connectivity index (χ2v) is 4.50. The van der Waals surface area contributed by atoms with Crippen molar-refractivity contribution in [2.75, 3.05) is 13.2 Å². The summed E-state index contributed by atoms with van der Waals surface area (Å²) < 4.78 is 16.8. The number of hydrogen-bond donors (Lipinski definition) is 1. The van der Waals surface area contributed by atoms with E-state index in [9.17, 15) is 5.11 Å². The molecule has 92 valence electrons. The largest absolute Gasteiger partial charge is 0.388 e. The molecule has 0 unspecified atom stereocenters. The van der Waals surface area contributed by atoms with Crippen molar-refractivity contribution in [3.05, 3.63) is 35.9 Å². The van der Waals surface area contributed by atoms with Crippen molar-refractivity contribution in [3.63, 3.8) is 0 Å². The lowest BCUT2D eigenvalue weighted by molar-refractivity contribution is -0.0439. The van der Waals surface area contributed by atoms with E-state index in [-0.39, 0.29) is 18.3 Å². The second kappa shape index (κ2) is 4.74. The normalized spacial score (nSPS) is 36.1. The van der Waals surface area contributed by atoms with E-state index >= 15 is 0 Å². The number of fused-ring (bicyclic) bond motifs is 1. The Hall–Kier alpha value is -0.940. The van der Waals surface area contributed by atoms with Gasteiger partial charge in [-0.25, -0.2) is 0 Å². The van der Waals surface area contributed by atoms with Gasteiger partial charge in [0, 0.05) is 0 Å². The predicted molar refractivity (Wildman–Crippen MR) is 60.5 cm³/mol. The van der Waals surface area contributed by atoms with Crippen molar-refractivity contribution < 1.29 is 19.3 Å². The molecule has 3 rings (SSSR count). The van der Waals surface area contributed by atoms with E-state index in [1.54, 1.807) is 0 Å². The molecule has 0 bridgehead atoms. The van der Waals surface area contributed by atoms with Crippen molar-refractivity contribution in [1.29, 1.82) is 0 Å². The van der Waals surface area contributed by atoms with Gasteiger partial charge in [0.1, 0.15) is 24.4 Å². The number of ether oxygens (including phenoxy) is 3. The molecule has 0 amide bonds. The van der Waals surface area contributed by atoms with Crippen LogP contribution in [0.3, 0.4) is 0 Å². The summed E-state index contributed by atoms with van der Waals surface area (Å²) >= 11 is 0. The van der Waals surface area contributed by atoms with Gasteiger partial charge in [-0.1, -0.05) is 30.3 Å². The highest BCUT2D eigenvalue weighted by Gasteiger charge is 2.47. The molecule has 0 aliphatic carbocycles. The topological polar surface area (TPSA) is 47.9 Å². The van der Waals surface area contributed by atoms with Crippen LogP contribution in [0.5, 0.6) is 0 Å². The molecule has 4 nitrogen and oxygen atoms in total. The zero-order chi connectivity index (χ0) is 11.7. The number of benzene rings is 1. The van der Waals surface area contributed by atoms with Crippen LogP contribution in [0.2, 0.25) is 0 Å². The van der Waals surface area contributed by atoms with Gasteiger partial charge in [-0.15, -0.1) is 0 Å². The summed E-state index contributed by atoms with van der Waals surface area (Å²) in [5, 5.41) is 9.60. The molecule has 2 heterocycles. The van der Waals surface area contributed by atoms with Crippen LogP contribution in [0.15, 0.2) is 30.3 Å². The average molecular weight is 236 g/mol. The predicted octanol–water partition coefficient (Wildman–Crippen LogP) is 0.730. The van der Waals surface area contributed by atoms with E-state index in [0.717, 1.165) is 5.56 Å². The molecule has 2 saturated heterocycles. The van der Waals surface area contributed by atoms with Crippen molar-refractivity contribution in [2.24, 2.45) is 0 Å². The first-order valence-corrected chi connectivity index (χ1v) is 5.91. The first-order valence-electron chi connectivity index (χ1n) is 5.91. The van der Waals surface area contributed by atoms with Crippen LogP contribution in [0, 0.1) is 0 Å². The van der Waals surface area contributed by atoms with E-state index in [1.807, 2.05) is 30.3 Å². The zero-order valence-corrected chi connectivity index (χ0v) is 9.49. The van der Waals surface area contributed by atoms with Crippen LogP contribution in [0.25, 0.3) is 0 Å². The Balaban J connectivity index is 1.57. The number of aliphatic hydroxyl groups is 1. The fourth-order valence-corrected chi connectivity index (χ4v) is 2.36. The molecule has 2 aliphatic rings. The Morgan fingerprint density at radius 1 is 1.12 bits per heavy atom. The number of rotatable bonds is 3. The summed E-state index contributed by atoms with van der Waals surface area (Å²) in [4.78, 5) is 0. The van der Waals surface area contributed by atoms with Gasteiger partial charge in [0.05, 0.1) is 19.8 Å². The van der Waals surface area contributed by atoms with Crippen LogP contribution in [-0.2, 0) is 20.8 Å².